The summed E-state index contributed by atoms with van der Waals surface area (Å²) in [7, 11) is 1.70. The molecule has 20 heavy (non-hydrogen) atoms. The summed E-state index contributed by atoms with van der Waals surface area (Å²) in [5.74, 6) is 2.53. The van der Waals surface area contributed by atoms with Gasteiger partial charge < -0.3 is 10.1 Å². The van der Waals surface area contributed by atoms with Crippen LogP contribution >= 0.6 is 0 Å². The van der Waals surface area contributed by atoms with Crippen LogP contribution in [0, 0.1) is 6.92 Å². The topological polar surface area (TPSA) is 47.0 Å². The summed E-state index contributed by atoms with van der Waals surface area (Å²) in [5.41, 5.74) is 1.16. The number of hydrogen-bond donors (Lipinski definition) is 1. The number of nitrogens with one attached hydrogen (secondary N) is 1. The molecule has 0 fully saturated rings. The van der Waals surface area contributed by atoms with Crippen LogP contribution in [0.15, 0.2) is 30.5 Å². The lowest BCUT2D eigenvalue weighted by Gasteiger charge is -2.11. The van der Waals surface area contributed by atoms with Crippen molar-refractivity contribution in [1.82, 2.24) is 9.97 Å². The van der Waals surface area contributed by atoms with Gasteiger partial charge in [0.25, 0.3) is 0 Å². The zero-order valence-electron chi connectivity index (χ0n) is 11.7. The maximum Gasteiger partial charge on any atom is 0.132 e. The van der Waals surface area contributed by atoms with Gasteiger partial charge in [0.1, 0.15) is 22.7 Å². The SMILES string of the molecule is COC1=c2nc(Nc3cc(C)ccn3)ccc2=CCC1. The van der Waals surface area contributed by atoms with E-state index in [1.807, 2.05) is 25.1 Å². The van der Waals surface area contributed by atoms with Crippen molar-refractivity contribution in [1.29, 1.82) is 0 Å². The lowest BCUT2D eigenvalue weighted by Crippen LogP contribution is -2.33. The summed E-state index contributed by atoms with van der Waals surface area (Å²) >= 11 is 0. The van der Waals surface area contributed by atoms with Gasteiger partial charge in [-0.05, 0) is 48.4 Å². The van der Waals surface area contributed by atoms with E-state index >= 15 is 0 Å². The molecule has 2 heterocycles. The van der Waals surface area contributed by atoms with Crippen LogP contribution in [0.3, 0.4) is 0 Å². The highest BCUT2D eigenvalue weighted by Gasteiger charge is 2.07. The number of rotatable bonds is 3. The molecule has 0 spiro atoms. The zero-order valence-corrected chi connectivity index (χ0v) is 11.7. The third kappa shape index (κ3) is 2.50. The van der Waals surface area contributed by atoms with Crippen molar-refractivity contribution >= 4 is 23.5 Å². The van der Waals surface area contributed by atoms with Crippen molar-refractivity contribution in [3.8, 4) is 0 Å². The fraction of sp³-hybridized carbons (Fsp3) is 0.250. The van der Waals surface area contributed by atoms with E-state index in [0.29, 0.717) is 0 Å². The maximum atomic E-state index is 5.43. The molecule has 2 aromatic heterocycles. The van der Waals surface area contributed by atoms with Crippen LogP contribution in [0.4, 0.5) is 11.6 Å². The van der Waals surface area contributed by atoms with E-state index in [2.05, 4.69) is 27.4 Å². The molecule has 1 N–H and O–H groups in total. The van der Waals surface area contributed by atoms with E-state index in [1.54, 1.807) is 13.3 Å². The van der Waals surface area contributed by atoms with Gasteiger partial charge in [-0.1, -0.05) is 6.08 Å². The minimum absolute atomic E-state index is 0.784. The Morgan fingerprint density at radius 3 is 2.90 bits per heavy atom. The molecule has 0 amide bonds. The Labute approximate surface area is 117 Å². The molecule has 102 valence electrons. The fourth-order valence-electron chi connectivity index (χ4n) is 2.34. The molecule has 3 rings (SSSR count). The predicted molar refractivity (Wildman–Crippen MR) is 79.9 cm³/mol. The Morgan fingerprint density at radius 1 is 1.20 bits per heavy atom. The number of methoxy groups -OCH3 is 1. The molecule has 0 saturated carbocycles. The molecule has 0 aromatic carbocycles. The van der Waals surface area contributed by atoms with E-state index in [4.69, 9.17) is 4.74 Å². The fourth-order valence-corrected chi connectivity index (χ4v) is 2.34. The summed E-state index contributed by atoms with van der Waals surface area (Å²) in [6, 6.07) is 8.00. The van der Waals surface area contributed by atoms with Gasteiger partial charge in [-0.25, -0.2) is 9.97 Å². The first-order chi connectivity index (χ1) is 9.76. The Morgan fingerprint density at radius 2 is 2.10 bits per heavy atom. The first-order valence-corrected chi connectivity index (χ1v) is 6.70. The molecule has 0 unspecified atom stereocenters. The molecule has 0 radical (unpaired) electrons. The summed E-state index contributed by atoms with van der Waals surface area (Å²) in [4.78, 5) is 8.94. The Bertz CT molecular complexity index is 753. The first-order valence-electron chi connectivity index (χ1n) is 6.70. The van der Waals surface area contributed by atoms with Crippen molar-refractivity contribution in [2.24, 2.45) is 0 Å². The summed E-state index contributed by atoms with van der Waals surface area (Å²) in [6.07, 6.45) is 5.89. The molecule has 1 aliphatic carbocycles. The summed E-state index contributed by atoms with van der Waals surface area (Å²) < 4.78 is 5.43. The van der Waals surface area contributed by atoms with E-state index < -0.39 is 0 Å². The molecule has 0 bridgehead atoms. The number of anilines is 2. The lowest BCUT2D eigenvalue weighted by molar-refractivity contribution is 0.347. The number of fused-ring (bicyclic) bond motifs is 1. The largest absolute Gasteiger partial charge is 0.499 e. The molecule has 2 aromatic rings. The van der Waals surface area contributed by atoms with Crippen molar-refractivity contribution in [2.75, 3.05) is 12.4 Å². The highest BCUT2D eigenvalue weighted by Crippen LogP contribution is 2.12. The third-order valence-electron chi connectivity index (χ3n) is 3.34. The normalized spacial score (nSPS) is 13.4. The average molecular weight is 267 g/mol. The second-order valence-corrected chi connectivity index (χ2v) is 4.85. The number of ether oxygens (including phenoxy) is 1. The summed E-state index contributed by atoms with van der Waals surface area (Å²) in [6.45, 7) is 2.04. The molecule has 0 saturated heterocycles. The van der Waals surface area contributed by atoms with Crippen LogP contribution in [0.5, 0.6) is 0 Å². The number of hydrogen-bond acceptors (Lipinski definition) is 4. The van der Waals surface area contributed by atoms with Gasteiger partial charge in [0, 0.05) is 12.6 Å². The second kappa shape index (κ2) is 5.33. The molecule has 0 aliphatic heterocycles. The van der Waals surface area contributed by atoms with Gasteiger partial charge >= 0.3 is 0 Å². The first kappa shape index (κ1) is 12.7. The average Bonchev–Trinajstić information content (AvgIpc) is 2.46. The van der Waals surface area contributed by atoms with Crippen LogP contribution in [0.25, 0.3) is 11.8 Å². The highest BCUT2D eigenvalue weighted by molar-refractivity contribution is 5.54. The van der Waals surface area contributed by atoms with Gasteiger partial charge in [0.15, 0.2) is 0 Å². The Hall–Kier alpha value is -2.36. The predicted octanol–water partition coefficient (Wildman–Crippen LogP) is 1.86. The lowest BCUT2D eigenvalue weighted by atomic mass is 10.1. The van der Waals surface area contributed by atoms with E-state index in [0.717, 1.165) is 46.4 Å². The van der Waals surface area contributed by atoms with Crippen LogP contribution in [-0.2, 0) is 4.74 Å². The smallest absolute Gasteiger partial charge is 0.132 e. The van der Waals surface area contributed by atoms with Crippen molar-refractivity contribution < 1.29 is 4.74 Å². The monoisotopic (exact) mass is 267 g/mol. The minimum Gasteiger partial charge on any atom is -0.499 e. The van der Waals surface area contributed by atoms with Crippen LogP contribution in [0.1, 0.15) is 18.4 Å². The van der Waals surface area contributed by atoms with E-state index in [9.17, 15) is 0 Å². The Balaban J connectivity index is 2.01. The van der Waals surface area contributed by atoms with Crippen molar-refractivity contribution in [3.05, 3.63) is 46.6 Å². The zero-order chi connectivity index (χ0) is 13.9. The quantitative estimate of drug-likeness (QED) is 0.922. The van der Waals surface area contributed by atoms with Crippen LogP contribution < -0.4 is 15.9 Å². The Kier molecular flexibility index (Phi) is 3.37. The van der Waals surface area contributed by atoms with Crippen molar-refractivity contribution in [2.45, 2.75) is 19.8 Å². The molecule has 0 atom stereocenters. The number of aromatic nitrogens is 2. The molecular weight excluding hydrogens is 250 g/mol. The minimum atomic E-state index is 0.784. The molecule has 4 nitrogen and oxygen atoms in total. The maximum absolute atomic E-state index is 5.43. The number of nitrogens with zero attached hydrogens (tertiary/aromatic N) is 2. The van der Waals surface area contributed by atoms with Crippen molar-refractivity contribution in [3.63, 3.8) is 0 Å². The van der Waals surface area contributed by atoms with Gasteiger partial charge in [-0.3, -0.25) is 0 Å². The van der Waals surface area contributed by atoms with Crippen LogP contribution in [-0.4, -0.2) is 17.1 Å². The third-order valence-corrected chi connectivity index (χ3v) is 3.34. The highest BCUT2D eigenvalue weighted by atomic mass is 16.5. The second-order valence-electron chi connectivity index (χ2n) is 4.85. The van der Waals surface area contributed by atoms with Gasteiger partial charge in [0.2, 0.25) is 0 Å². The summed E-state index contributed by atoms with van der Waals surface area (Å²) in [5, 5.41) is 5.30. The van der Waals surface area contributed by atoms with Gasteiger partial charge in [0.05, 0.1) is 7.11 Å². The van der Waals surface area contributed by atoms with E-state index in [-0.39, 0.29) is 0 Å². The molecule has 4 heteroatoms. The van der Waals surface area contributed by atoms with Crippen LogP contribution in [0.2, 0.25) is 0 Å². The number of pyridine rings is 2. The van der Waals surface area contributed by atoms with Gasteiger partial charge in [-0.2, -0.15) is 0 Å². The number of aryl methyl sites for hydroxylation is 1. The standard InChI is InChI=1S/C16H17N3O/c1-11-8-9-17-15(10-11)18-14-7-6-12-4-3-5-13(20-2)16(12)19-14/h4,6-10H,3,5H2,1-2H3,(H,17,18,19). The molecular formula is C16H17N3O. The van der Waals surface area contributed by atoms with Gasteiger partial charge in [-0.15, -0.1) is 0 Å². The molecule has 1 aliphatic rings. The van der Waals surface area contributed by atoms with E-state index in [1.165, 1.54) is 0 Å².